The molecule has 0 aliphatic carbocycles. The van der Waals surface area contributed by atoms with Crippen LogP contribution in [0.2, 0.25) is 0 Å². The lowest BCUT2D eigenvalue weighted by Gasteiger charge is -2.18. The van der Waals surface area contributed by atoms with Crippen molar-refractivity contribution in [2.75, 3.05) is 18.4 Å². The van der Waals surface area contributed by atoms with Crippen molar-refractivity contribution in [1.29, 1.82) is 0 Å². The fourth-order valence-electron chi connectivity index (χ4n) is 1.75. The second kappa shape index (κ2) is 7.84. The van der Waals surface area contributed by atoms with Crippen LogP contribution in [0, 0.1) is 0 Å². The maximum Gasteiger partial charge on any atom is 0.328 e. The van der Waals surface area contributed by atoms with E-state index < -0.39 is 11.9 Å². The van der Waals surface area contributed by atoms with E-state index in [0.717, 1.165) is 12.2 Å². The van der Waals surface area contributed by atoms with Gasteiger partial charge in [0.2, 0.25) is 5.91 Å². The van der Waals surface area contributed by atoms with E-state index in [2.05, 4.69) is 5.32 Å². The zero-order valence-electron chi connectivity index (χ0n) is 12.0. The summed E-state index contributed by atoms with van der Waals surface area (Å²) >= 11 is 0. The highest BCUT2D eigenvalue weighted by atomic mass is 16.4. The number of carboxylic acid groups (broad SMARTS) is 1. The number of nitrogens with zero attached hydrogens (tertiary/aromatic N) is 1. The standard InChI is InChI=1S/C15H18N2O4/c1-3-17(4-2)15(21)11-6-5-7-12(10-11)16-13(18)8-9-14(19)20/h5-10H,3-4H2,1-2H3,(H,16,18)(H,19,20)/b9-8+. The second-order valence-electron chi connectivity index (χ2n) is 4.22. The van der Waals surface area contributed by atoms with Crippen LogP contribution in [0.25, 0.3) is 0 Å². The third-order valence-corrected chi connectivity index (χ3v) is 2.80. The zero-order chi connectivity index (χ0) is 15.8. The molecular formula is C15H18N2O4. The molecule has 0 aromatic heterocycles. The van der Waals surface area contributed by atoms with Crippen molar-refractivity contribution >= 4 is 23.5 Å². The molecule has 0 saturated carbocycles. The number of nitrogens with one attached hydrogen (secondary N) is 1. The van der Waals surface area contributed by atoms with Gasteiger partial charge in [-0.15, -0.1) is 0 Å². The Hall–Kier alpha value is -2.63. The molecule has 2 N–H and O–H groups in total. The van der Waals surface area contributed by atoms with E-state index in [1.165, 1.54) is 0 Å². The molecule has 0 heterocycles. The van der Waals surface area contributed by atoms with Crippen LogP contribution in [0.15, 0.2) is 36.4 Å². The summed E-state index contributed by atoms with van der Waals surface area (Å²) in [5, 5.41) is 11.0. The van der Waals surface area contributed by atoms with Gasteiger partial charge < -0.3 is 15.3 Å². The quantitative estimate of drug-likeness (QED) is 0.781. The normalized spacial score (nSPS) is 10.4. The Labute approximate surface area is 123 Å². The summed E-state index contributed by atoms with van der Waals surface area (Å²) in [6, 6.07) is 6.52. The van der Waals surface area contributed by atoms with Gasteiger partial charge in [-0.3, -0.25) is 9.59 Å². The highest BCUT2D eigenvalue weighted by Crippen LogP contribution is 2.13. The number of hydrogen-bond donors (Lipinski definition) is 2. The fourth-order valence-corrected chi connectivity index (χ4v) is 1.75. The van der Waals surface area contributed by atoms with E-state index in [9.17, 15) is 14.4 Å². The van der Waals surface area contributed by atoms with Crippen molar-refractivity contribution < 1.29 is 19.5 Å². The first-order valence-corrected chi connectivity index (χ1v) is 6.59. The van der Waals surface area contributed by atoms with Crippen molar-refractivity contribution in [2.24, 2.45) is 0 Å². The van der Waals surface area contributed by atoms with E-state index in [0.29, 0.717) is 24.3 Å². The lowest BCUT2D eigenvalue weighted by atomic mass is 10.1. The maximum absolute atomic E-state index is 12.2. The predicted molar refractivity (Wildman–Crippen MR) is 79.1 cm³/mol. The number of carbonyl (C=O) groups excluding carboxylic acids is 2. The first-order chi connectivity index (χ1) is 9.97. The number of carbonyl (C=O) groups is 3. The van der Waals surface area contributed by atoms with E-state index >= 15 is 0 Å². The minimum atomic E-state index is -1.20. The lowest BCUT2D eigenvalue weighted by Crippen LogP contribution is -2.30. The Bertz CT molecular complexity index is 563. The Morgan fingerprint density at radius 1 is 1.19 bits per heavy atom. The fraction of sp³-hybridized carbons (Fsp3) is 0.267. The molecule has 0 aliphatic heterocycles. The largest absolute Gasteiger partial charge is 0.478 e. The van der Waals surface area contributed by atoms with Gasteiger partial charge >= 0.3 is 5.97 Å². The van der Waals surface area contributed by atoms with Gasteiger partial charge in [-0.2, -0.15) is 0 Å². The van der Waals surface area contributed by atoms with Gasteiger partial charge in [0.15, 0.2) is 0 Å². The molecule has 6 nitrogen and oxygen atoms in total. The Kier molecular flexibility index (Phi) is 6.13. The highest BCUT2D eigenvalue weighted by molar-refractivity contribution is 6.03. The summed E-state index contributed by atoms with van der Waals surface area (Å²) in [6.45, 7) is 4.99. The van der Waals surface area contributed by atoms with Crippen molar-refractivity contribution in [3.63, 3.8) is 0 Å². The average Bonchev–Trinajstić information content (AvgIpc) is 2.46. The molecule has 112 valence electrons. The van der Waals surface area contributed by atoms with Crippen molar-refractivity contribution in [2.45, 2.75) is 13.8 Å². The molecular weight excluding hydrogens is 272 g/mol. The molecule has 0 atom stereocenters. The summed E-state index contributed by atoms with van der Waals surface area (Å²) < 4.78 is 0. The molecule has 1 rings (SSSR count). The molecule has 0 aliphatic rings. The van der Waals surface area contributed by atoms with Crippen LogP contribution < -0.4 is 5.32 Å². The Balaban J connectivity index is 2.83. The Morgan fingerprint density at radius 3 is 2.43 bits per heavy atom. The van der Waals surface area contributed by atoms with Crippen LogP contribution in [0.4, 0.5) is 5.69 Å². The predicted octanol–water partition coefficient (Wildman–Crippen LogP) is 1.75. The Morgan fingerprint density at radius 2 is 1.86 bits per heavy atom. The molecule has 0 saturated heterocycles. The van der Waals surface area contributed by atoms with Gasteiger partial charge in [-0.25, -0.2) is 4.79 Å². The lowest BCUT2D eigenvalue weighted by molar-refractivity contribution is -0.131. The van der Waals surface area contributed by atoms with Gasteiger partial charge in [0.05, 0.1) is 0 Å². The van der Waals surface area contributed by atoms with Gasteiger partial charge in [0.25, 0.3) is 5.91 Å². The van der Waals surface area contributed by atoms with Crippen LogP contribution in [-0.2, 0) is 9.59 Å². The van der Waals surface area contributed by atoms with E-state index in [-0.39, 0.29) is 5.91 Å². The molecule has 0 radical (unpaired) electrons. The number of amides is 2. The summed E-state index contributed by atoms with van der Waals surface area (Å²) in [5.41, 5.74) is 0.909. The number of carboxylic acids is 1. The van der Waals surface area contributed by atoms with E-state index in [1.54, 1.807) is 29.2 Å². The van der Waals surface area contributed by atoms with E-state index in [4.69, 9.17) is 5.11 Å². The topological polar surface area (TPSA) is 86.7 Å². The summed E-state index contributed by atoms with van der Waals surface area (Å²) in [7, 11) is 0. The third kappa shape index (κ3) is 5.10. The molecule has 1 aromatic rings. The smallest absolute Gasteiger partial charge is 0.328 e. The molecule has 1 aromatic carbocycles. The van der Waals surface area contributed by atoms with E-state index in [1.807, 2.05) is 13.8 Å². The SMILES string of the molecule is CCN(CC)C(=O)c1cccc(NC(=O)/C=C/C(=O)O)c1. The second-order valence-corrected chi connectivity index (χ2v) is 4.22. The minimum Gasteiger partial charge on any atom is -0.478 e. The summed E-state index contributed by atoms with van der Waals surface area (Å²) in [6.07, 6.45) is 1.67. The van der Waals surface area contributed by atoms with Crippen molar-refractivity contribution in [3.05, 3.63) is 42.0 Å². The van der Waals surface area contributed by atoms with Crippen molar-refractivity contribution in [1.82, 2.24) is 4.90 Å². The highest BCUT2D eigenvalue weighted by Gasteiger charge is 2.12. The molecule has 0 spiro atoms. The first-order valence-electron chi connectivity index (χ1n) is 6.59. The number of rotatable bonds is 6. The molecule has 0 bridgehead atoms. The van der Waals surface area contributed by atoms with Crippen LogP contribution in [0.5, 0.6) is 0 Å². The number of hydrogen-bond acceptors (Lipinski definition) is 3. The summed E-state index contributed by atoms with van der Waals surface area (Å²) in [4.78, 5) is 35.7. The number of aliphatic carboxylic acids is 1. The average molecular weight is 290 g/mol. The number of benzene rings is 1. The molecule has 2 amide bonds. The summed E-state index contributed by atoms with van der Waals surface area (Å²) in [5.74, 6) is -1.88. The zero-order valence-corrected chi connectivity index (χ0v) is 12.0. The van der Waals surface area contributed by atoms with Crippen LogP contribution >= 0.6 is 0 Å². The van der Waals surface area contributed by atoms with Crippen LogP contribution in [0.3, 0.4) is 0 Å². The number of anilines is 1. The third-order valence-electron chi connectivity index (χ3n) is 2.80. The molecule has 0 fully saturated rings. The van der Waals surface area contributed by atoms with Gasteiger partial charge in [-0.05, 0) is 32.0 Å². The molecule has 6 heteroatoms. The van der Waals surface area contributed by atoms with Gasteiger partial charge in [0, 0.05) is 36.5 Å². The molecule has 21 heavy (non-hydrogen) atoms. The van der Waals surface area contributed by atoms with Crippen LogP contribution in [-0.4, -0.2) is 40.9 Å². The minimum absolute atomic E-state index is 0.114. The maximum atomic E-state index is 12.2. The van der Waals surface area contributed by atoms with Gasteiger partial charge in [0.1, 0.15) is 0 Å². The first kappa shape index (κ1) is 16.4. The molecule has 0 unspecified atom stereocenters. The van der Waals surface area contributed by atoms with Crippen LogP contribution in [0.1, 0.15) is 24.2 Å². The van der Waals surface area contributed by atoms with Gasteiger partial charge in [-0.1, -0.05) is 6.07 Å². The monoisotopic (exact) mass is 290 g/mol. The van der Waals surface area contributed by atoms with Crippen molar-refractivity contribution in [3.8, 4) is 0 Å².